The third kappa shape index (κ3) is 3.66. The van der Waals surface area contributed by atoms with Gasteiger partial charge < -0.3 is 5.11 Å². The first-order chi connectivity index (χ1) is 8.97. The molecule has 0 saturated carbocycles. The molecule has 0 heterocycles. The Hall–Kier alpha value is -0.680. The summed E-state index contributed by atoms with van der Waals surface area (Å²) in [6, 6.07) is 10.1. The molecule has 0 radical (unpaired) electrons. The normalized spacial score (nSPS) is 10.5. The van der Waals surface area contributed by atoms with Gasteiger partial charge in [-0.25, -0.2) is 4.79 Å². The molecule has 2 nitrogen and oxygen atoms in total. The van der Waals surface area contributed by atoms with Crippen molar-refractivity contribution in [1.29, 1.82) is 0 Å². The number of hydrogen-bond donors (Lipinski definition) is 1. The maximum atomic E-state index is 11.2. The third-order valence-electron chi connectivity index (χ3n) is 2.29. The first-order valence-electron chi connectivity index (χ1n) is 5.13. The van der Waals surface area contributed by atoms with Gasteiger partial charge in [0, 0.05) is 19.3 Å². The van der Waals surface area contributed by atoms with E-state index in [-0.39, 0.29) is 5.56 Å². The van der Waals surface area contributed by atoms with Crippen LogP contribution in [0.15, 0.2) is 50.7 Å². The van der Waals surface area contributed by atoms with Gasteiger partial charge in [-0.15, -0.1) is 0 Å². The summed E-state index contributed by atoms with van der Waals surface area (Å²) in [5.41, 5.74) is 0.226. The molecule has 19 heavy (non-hydrogen) atoms. The second-order valence-corrected chi connectivity index (χ2v) is 6.47. The highest BCUT2D eigenvalue weighted by atomic mass is 79.9. The Bertz CT molecular complexity index is 647. The molecule has 2 aromatic carbocycles. The molecule has 0 aliphatic carbocycles. The predicted molar refractivity (Wildman–Crippen MR) is 81.7 cm³/mol. The van der Waals surface area contributed by atoms with Crippen molar-refractivity contribution in [2.45, 2.75) is 9.79 Å². The zero-order valence-corrected chi connectivity index (χ0v) is 13.3. The second-order valence-electron chi connectivity index (χ2n) is 3.62. The van der Waals surface area contributed by atoms with Crippen LogP contribution in [-0.2, 0) is 0 Å². The van der Waals surface area contributed by atoms with Crippen LogP contribution < -0.4 is 0 Å². The highest BCUT2D eigenvalue weighted by Gasteiger charge is 2.13. The highest BCUT2D eigenvalue weighted by molar-refractivity contribution is 9.10. The first kappa shape index (κ1) is 14.7. The fourth-order valence-electron chi connectivity index (χ4n) is 1.43. The standard InChI is InChI=1S/C13H7BrCl2O2S/c14-7-1-3-9(13(17)18)11(5-7)19-12-6-8(15)2-4-10(12)16/h1-6H,(H,17,18). The summed E-state index contributed by atoms with van der Waals surface area (Å²) in [6.07, 6.45) is 0. The van der Waals surface area contributed by atoms with Gasteiger partial charge in [-0.2, -0.15) is 0 Å². The average Bonchev–Trinajstić information content (AvgIpc) is 2.33. The van der Waals surface area contributed by atoms with Gasteiger partial charge in [0.05, 0.1) is 10.6 Å². The van der Waals surface area contributed by atoms with E-state index in [4.69, 9.17) is 23.2 Å². The van der Waals surface area contributed by atoms with Crippen LogP contribution in [-0.4, -0.2) is 11.1 Å². The van der Waals surface area contributed by atoms with Crippen molar-refractivity contribution < 1.29 is 9.90 Å². The number of carbonyl (C=O) groups is 1. The number of benzene rings is 2. The van der Waals surface area contributed by atoms with E-state index in [2.05, 4.69) is 15.9 Å². The number of carboxylic acids is 1. The molecule has 98 valence electrons. The molecule has 2 rings (SSSR count). The van der Waals surface area contributed by atoms with Crippen LogP contribution in [0.4, 0.5) is 0 Å². The summed E-state index contributed by atoms with van der Waals surface area (Å²) in [5.74, 6) is -0.979. The van der Waals surface area contributed by atoms with Crippen LogP contribution in [0.3, 0.4) is 0 Å². The Kier molecular flexibility index (Phi) is 4.79. The van der Waals surface area contributed by atoms with Gasteiger partial charge in [-0.1, -0.05) is 50.9 Å². The highest BCUT2D eigenvalue weighted by Crippen LogP contribution is 2.37. The maximum Gasteiger partial charge on any atom is 0.336 e. The molecule has 0 aliphatic heterocycles. The minimum Gasteiger partial charge on any atom is -0.478 e. The zero-order valence-electron chi connectivity index (χ0n) is 9.36. The van der Waals surface area contributed by atoms with Crippen molar-refractivity contribution >= 4 is 56.9 Å². The Morgan fingerprint density at radius 1 is 1.11 bits per heavy atom. The van der Waals surface area contributed by atoms with Gasteiger partial charge in [-0.3, -0.25) is 0 Å². The molecule has 0 amide bonds. The average molecular weight is 378 g/mol. The van der Waals surface area contributed by atoms with Gasteiger partial charge >= 0.3 is 5.97 Å². The van der Waals surface area contributed by atoms with Crippen molar-refractivity contribution in [3.63, 3.8) is 0 Å². The number of rotatable bonds is 3. The summed E-state index contributed by atoms with van der Waals surface area (Å²) in [6.45, 7) is 0. The van der Waals surface area contributed by atoms with Crippen molar-refractivity contribution in [2.24, 2.45) is 0 Å². The van der Waals surface area contributed by atoms with Crippen LogP contribution in [0.25, 0.3) is 0 Å². The Morgan fingerprint density at radius 3 is 2.53 bits per heavy atom. The lowest BCUT2D eigenvalue weighted by atomic mass is 10.2. The molecule has 1 N–H and O–H groups in total. The Balaban J connectivity index is 2.45. The summed E-state index contributed by atoms with van der Waals surface area (Å²) in [5, 5.41) is 10.3. The minimum atomic E-state index is -0.979. The van der Waals surface area contributed by atoms with Gasteiger partial charge in [0.15, 0.2) is 0 Å². The SMILES string of the molecule is O=C(O)c1ccc(Br)cc1Sc1cc(Cl)ccc1Cl. The number of halogens is 3. The van der Waals surface area contributed by atoms with E-state index in [1.165, 1.54) is 11.8 Å². The molecule has 2 aromatic rings. The minimum absolute atomic E-state index is 0.226. The number of carboxylic acid groups (broad SMARTS) is 1. The lowest BCUT2D eigenvalue weighted by Gasteiger charge is -2.08. The second kappa shape index (κ2) is 6.18. The predicted octanol–water partition coefficient (Wildman–Crippen LogP) is 5.61. The van der Waals surface area contributed by atoms with Crippen molar-refractivity contribution in [3.8, 4) is 0 Å². The Morgan fingerprint density at radius 2 is 1.84 bits per heavy atom. The lowest BCUT2D eigenvalue weighted by molar-refractivity contribution is 0.0693. The van der Waals surface area contributed by atoms with Crippen molar-refractivity contribution in [1.82, 2.24) is 0 Å². The first-order valence-corrected chi connectivity index (χ1v) is 7.49. The van der Waals surface area contributed by atoms with Crippen molar-refractivity contribution in [3.05, 3.63) is 56.5 Å². The quantitative estimate of drug-likeness (QED) is 0.755. The molecule has 0 atom stereocenters. The van der Waals surface area contributed by atoms with Gasteiger partial charge in [0.1, 0.15) is 0 Å². The molecule has 0 fully saturated rings. The van der Waals surface area contributed by atoms with E-state index < -0.39 is 5.97 Å². The van der Waals surface area contributed by atoms with E-state index in [9.17, 15) is 9.90 Å². The van der Waals surface area contributed by atoms with Crippen LogP contribution in [0.1, 0.15) is 10.4 Å². The molecule has 6 heteroatoms. The van der Waals surface area contributed by atoms with Crippen molar-refractivity contribution in [2.75, 3.05) is 0 Å². The van der Waals surface area contributed by atoms with Crippen LogP contribution in [0.2, 0.25) is 10.0 Å². The molecule has 0 unspecified atom stereocenters. The summed E-state index contributed by atoms with van der Waals surface area (Å²) in [4.78, 5) is 12.5. The Labute approximate surface area is 132 Å². The van der Waals surface area contributed by atoms with Crippen LogP contribution in [0.5, 0.6) is 0 Å². The van der Waals surface area contributed by atoms with E-state index in [1.807, 2.05) is 0 Å². The zero-order chi connectivity index (χ0) is 14.0. The van der Waals surface area contributed by atoms with Crippen LogP contribution in [0, 0.1) is 0 Å². The topological polar surface area (TPSA) is 37.3 Å². The smallest absolute Gasteiger partial charge is 0.336 e. The van der Waals surface area contributed by atoms with E-state index in [1.54, 1.807) is 36.4 Å². The fourth-order valence-corrected chi connectivity index (χ4v) is 3.45. The molecule has 0 spiro atoms. The van der Waals surface area contributed by atoms with Gasteiger partial charge in [-0.05, 0) is 36.4 Å². The fraction of sp³-hybridized carbons (Fsp3) is 0. The summed E-state index contributed by atoms with van der Waals surface area (Å²) in [7, 11) is 0. The summed E-state index contributed by atoms with van der Waals surface area (Å²) < 4.78 is 0.804. The van der Waals surface area contributed by atoms with E-state index in [0.717, 1.165) is 9.37 Å². The largest absolute Gasteiger partial charge is 0.478 e. The molecule has 0 bridgehead atoms. The molecule has 0 aliphatic rings. The molecular weight excluding hydrogens is 371 g/mol. The molecule has 0 saturated heterocycles. The maximum absolute atomic E-state index is 11.2. The number of hydrogen-bond acceptors (Lipinski definition) is 2. The summed E-state index contributed by atoms with van der Waals surface area (Å²) >= 11 is 16.6. The molecular formula is C13H7BrCl2O2S. The number of aromatic carboxylic acids is 1. The lowest BCUT2D eigenvalue weighted by Crippen LogP contribution is -1.98. The van der Waals surface area contributed by atoms with Crippen LogP contribution >= 0.6 is 50.9 Å². The van der Waals surface area contributed by atoms with E-state index in [0.29, 0.717) is 14.9 Å². The monoisotopic (exact) mass is 376 g/mol. The van der Waals surface area contributed by atoms with E-state index >= 15 is 0 Å². The van der Waals surface area contributed by atoms with Gasteiger partial charge in [0.25, 0.3) is 0 Å². The third-order valence-corrected chi connectivity index (χ3v) is 4.57. The van der Waals surface area contributed by atoms with Gasteiger partial charge in [0.2, 0.25) is 0 Å². The molecule has 0 aromatic heterocycles.